The molecule has 5 heteroatoms. The van der Waals surface area contributed by atoms with E-state index < -0.39 is 5.97 Å². The van der Waals surface area contributed by atoms with Gasteiger partial charge in [-0.05, 0) is 6.92 Å². The average Bonchev–Trinajstić information content (AvgIpc) is 2.14. The Morgan fingerprint density at radius 3 is 2.79 bits per heavy atom. The summed E-state index contributed by atoms with van der Waals surface area (Å²) >= 11 is 0. The van der Waals surface area contributed by atoms with Crippen LogP contribution in [-0.2, 0) is 14.3 Å². The maximum Gasteiger partial charge on any atom is 0.328 e. The van der Waals surface area contributed by atoms with E-state index >= 15 is 0 Å². The Hall–Kier alpha value is -1.36. The summed E-state index contributed by atoms with van der Waals surface area (Å²) in [5, 5.41) is 8.33. The molecule has 1 aliphatic rings. The van der Waals surface area contributed by atoms with Gasteiger partial charge in [0.1, 0.15) is 0 Å². The molecule has 1 rings (SSSR count). The van der Waals surface area contributed by atoms with Crippen LogP contribution in [0.25, 0.3) is 0 Å². The maximum absolute atomic E-state index is 11.4. The van der Waals surface area contributed by atoms with Gasteiger partial charge in [-0.2, -0.15) is 0 Å². The average molecular weight is 199 g/mol. The molecule has 1 unspecified atom stereocenters. The smallest absolute Gasteiger partial charge is 0.328 e. The maximum atomic E-state index is 11.4. The van der Waals surface area contributed by atoms with Gasteiger partial charge in [-0.3, -0.25) is 4.79 Å². The third-order valence-electron chi connectivity index (χ3n) is 1.92. The minimum absolute atomic E-state index is 0.0194. The number of carboxylic acid groups (broad SMARTS) is 1. The van der Waals surface area contributed by atoms with Crippen LogP contribution in [0.5, 0.6) is 0 Å². The number of carbonyl (C=O) groups excluding carboxylic acids is 1. The molecule has 0 radical (unpaired) electrons. The van der Waals surface area contributed by atoms with Crippen LogP contribution in [0.2, 0.25) is 0 Å². The Bertz CT molecular complexity index is 262. The van der Waals surface area contributed by atoms with E-state index in [9.17, 15) is 9.59 Å². The lowest BCUT2D eigenvalue weighted by Crippen LogP contribution is -2.43. The van der Waals surface area contributed by atoms with Crippen LogP contribution in [-0.4, -0.2) is 47.7 Å². The van der Waals surface area contributed by atoms with Crippen LogP contribution < -0.4 is 0 Å². The molecule has 14 heavy (non-hydrogen) atoms. The molecule has 1 heterocycles. The van der Waals surface area contributed by atoms with Crippen LogP contribution in [0.1, 0.15) is 6.92 Å². The topological polar surface area (TPSA) is 66.8 Å². The molecule has 0 saturated carbocycles. The molecule has 0 aromatic heterocycles. The van der Waals surface area contributed by atoms with Crippen molar-refractivity contribution in [3.63, 3.8) is 0 Å². The number of morpholine rings is 1. The first-order chi connectivity index (χ1) is 6.59. The molecule has 1 atom stereocenters. The Morgan fingerprint density at radius 2 is 2.21 bits per heavy atom. The van der Waals surface area contributed by atoms with E-state index in [0.29, 0.717) is 19.7 Å². The summed E-state index contributed by atoms with van der Waals surface area (Å²) < 4.78 is 5.25. The summed E-state index contributed by atoms with van der Waals surface area (Å²) in [6.45, 7) is 3.42. The Labute approximate surface area is 82.0 Å². The van der Waals surface area contributed by atoms with Crippen LogP contribution in [0, 0.1) is 0 Å². The number of hydrogen-bond donors (Lipinski definition) is 1. The molecule has 0 bridgehead atoms. The summed E-state index contributed by atoms with van der Waals surface area (Å²) in [6, 6.07) is 0. The second-order valence-electron chi connectivity index (χ2n) is 3.14. The molecule has 1 aliphatic heterocycles. The first kappa shape index (κ1) is 10.7. The predicted octanol–water partition coefficient (Wildman–Crippen LogP) is -0.126. The first-order valence-corrected chi connectivity index (χ1v) is 4.41. The number of amides is 1. The Morgan fingerprint density at radius 1 is 1.50 bits per heavy atom. The van der Waals surface area contributed by atoms with Crippen molar-refractivity contribution in [3.8, 4) is 0 Å². The predicted molar refractivity (Wildman–Crippen MR) is 48.8 cm³/mol. The van der Waals surface area contributed by atoms with E-state index in [-0.39, 0.29) is 12.0 Å². The molecule has 1 N–H and O–H groups in total. The highest BCUT2D eigenvalue weighted by atomic mass is 16.5. The SMILES string of the molecule is CC1CN(C(=O)/C=C/C(=O)O)CCO1. The number of aliphatic carboxylic acids is 1. The lowest BCUT2D eigenvalue weighted by Gasteiger charge is -2.30. The van der Waals surface area contributed by atoms with Crippen molar-refractivity contribution in [1.29, 1.82) is 0 Å². The van der Waals surface area contributed by atoms with Crippen molar-refractivity contribution >= 4 is 11.9 Å². The summed E-state index contributed by atoms with van der Waals surface area (Å²) in [7, 11) is 0. The second kappa shape index (κ2) is 4.76. The molecular weight excluding hydrogens is 186 g/mol. The number of carbonyl (C=O) groups is 2. The largest absolute Gasteiger partial charge is 0.478 e. The second-order valence-corrected chi connectivity index (χ2v) is 3.14. The lowest BCUT2D eigenvalue weighted by atomic mass is 10.3. The van der Waals surface area contributed by atoms with Gasteiger partial charge in [0.15, 0.2) is 0 Å². The molecule has 1 saturated heterocycles. The van der Waals surface area contributed by atoms with Gasteiger partial charge in [0, 0.05) is 25.2 Å². The van der Waals surface area contributed by atoms with Gasteiger partial charge in [-0.15, -0.1) is 0 Å². The first-order valence-electron chi connectivity index (χ1n) is 4.41. The Balaban J connectivity index is 2.47. The minimum Gasteiger partial charge on any atom is -0.478 e. The van der Waals surface area contributed by atoms with Gasteiger partial charge >= 0.3 is 5.97 Å². The number of nitrogens with zero attached hydrogens (tertiary/aromatic N) is 1. The monoisotopic (exact) mass is 199 g/mol. The normalized spacial score (nSPS) is 22.6. The van der Waals surface area contributed by atoms with Crippen molar-refractivity contribution in [2.24, 2.45) is 0 Å². The molecule has 0 aromatic rings. The summed E-state index contributed by atoms with van der Waals surface area (Å²) in [5.74, 6) is -1.39. The van der Waals surface area contributed by atoms with Crippen LogP contribution >= 0.6 is 0 Å². The summed E-state index contributed by atoms with van der Waals surface area (Å²) in [6.07, 6.45) is 1.94. The molecule has 1 fully saturated rings. The fourth-order valence-corrected chi connectivity index (χ4v) is 1.27. The van der Waals surface area contributed by atoms with Gasteiger partial charge in [-0.25, -0.2) is 4.79 Å². The zero-order valence-corrected chi connectivity index (χ0v) is 7.97. The van der Waals surface area contributed by atoms with Gasteiger partial charge in [-0.1, -0.05) is 0 Å². The van der Waals surface area contributed by atoms with E-state index in [1.165, 1.54) is 0 Å². The zero-order chi connectivity index (χ0) is 10.6. The van der Waals surface area contributed by atoms with E-state index in [0.717, 1.165) is 12.2 Å². The van der Waals surface area contributed by atoms with E-state index in [1.54, 1.807) is 4.90 Å². The molecule has 0 aromatic carbocycles. The highest BCUT2D eigenvalue weighted by molar-refractivity contribution is 5.93. The van der Waals surface area contributed by atoms with Crippen molar-refractivity contribution in [2.45, 2.75) is 13.0 Å². The number of ether oxygens (including phenoxy) is 1. The number of rotatable bonds is 2. The fourth-order valence-electron chi connectivity index (χ4n) is 1.27. The molecule has 0 aliphatic carbocycles. The zero-order valence-electron chi connectivity index (χ0n) is 7.97. The third kappa shape index (κ3) is 3.18. The van der Waals surface area contributed by atoms with Crippen LogP contribution in [0.15, 0.2) is 12.2 Å². The van der Waals surface area contributed by atoms with E-state index in [4.69, 9.17) is 9.84 Å². The molecule has 5 nitrogen and oxygen atoms in total. The van der Waals surface area contributed by atoms with Gasteiger partial charge in [0.25, 0.3) is 0 Å². The molecular formula is C9H13NO4. The number of carboxylic acids is 1. The molecule has 0 spiro atoms. The van der Waals surface area contributed by atoms with Gasteiger partial charge in [0.2, 0.25) is 5.91 Å². The van der Waals surface area contributed by atoms with Crippen molar-refractivity contribution in [2.75, 3.05) is 19.7 Å². The van der Waals surface area contributed by atoms with Gasteiger partial charge < -0.3 is 14.7 Å². The summed E-state index contributed by atoms with van der Waals surface area (Å²) in [5.41, 5.74) is 0. The molecule has 78 valence electrons. The van der Waals surface area contributed by atoms with Crippen molar-refractivity contribution in [3.05, 3.63) is 12.2 Å². The quantitative estimate of drug-likeness (QED) is 0.629. The van der Waals surface area contributed by atoms with Crippen LogP contribution in [0.3, 0.4) is 0 Å². The highest BCUT2D eigenvalue weighted by Gasteiger charge is 2.19. The lowest BCUT2D eigenvalue weighted by molar-refractivity contribution is -0.134. The highest BCUT2D eigenvalue weighted by Crippen LogP contribution is 2.04. The number of hydrogen-bond acceptors (Lipinski definition) is 3. The van der Waals surface area contributed by atoms with Gasteiger partial charge in [0.05, 0.1) is 12.7 Å². The third-order valence-corrected chi connectivity index (χ3v) is 1.92. The summed E-state index contributed by atoms with van der Waals surface area (Å²) in [4.78, 5) is 23.1. The van der Waals surface area contributed by atoms with Crippen molar-refractivity contribution in [1.82, 2.24) is 4.90 Å². The van der Waals surface area contributed by atoms with E-state index in [1.807, 2.05) is 6.92 Å². The minimum atomic E-state index is -1.11. The van der Waals surface area contributed by atoms with Crippen molar-refractivity contribution < 1.29 is 19.4 Å². The molecule has 1 amide bonds. The fraction of sp³-hybridized carbons (Fsp3) is 0.556. The Kier molecular flexibility index (Phi) is 3.64. The van der Waals surface area contributed by atoms with E-state index in [2.05, 4.69) is 0 Å². The standard InChI is InChI=1S/C9H13NO4/c1-7-6-10(4-5-14-7)8(11)2-3-9(12)13/h2-3,7H,4-6H2,1H3,(H,12,13)/b3-2+. The van der Waals surface area contributed by atoms with Crippen LogP contribution in [0.4, 0.5) is 0 Å².